The maximum absolute atomic E-state index is 10.9. The molecule has 0 aliphatic carbocycles. The fourth-order valence-electron chi connectivity index (χ4n) is 2.60. The molecule has 0 bridgehead atoms. The number of hydrogen-bond donors (Lipinski definition) is 1. The van der Waals surface area contributed by atoms with Crippen LogP contribution in [0.25, 0.3) is 0 Å². The van der Waals surface area contributed by atoms with Gasteiger partial charge in [-0.3, -0.25) is 10.1 Å². The largest absolute Gasteiger partial charge is 0.362 e. The van der Waals surface area contributed by atoms with Crippen LogP contribution in [0.2, 0.25) is 0 Å². The molecule has 0 fully saturated rings. The third-order valence-electron chi connectivity index (χ3n) is 4.55. The highest BCUT2D eigenvalue weighted by atomic mass is 32.1. The second kappa shape index (κ2) is 10.2. The minimum absolute atomic E-state index is 0.0272. The van der Waals surface area contributed by atoms with Gasteiger partial charge in [0.1, 0.15) is 0 Å². The zero-order valence-electron chi connectivity index (χ0n) is 15.1. The molecule has 2 atom stereocenters. The van der Waals surface area contributed by atoms with Crippen LogP contribution >= 0.6 is 12.2 Å². The molecule has 1 aromatic rings. The van der Waals surface area contributed by atoms with Crippen LogP contribution in [0.4, 0.5) is 5.69 Å². The van der Waals surface area contributed by atoms with Crippen molar-refractivity contribution in [2.24, 2.45) is 5.92 Å². The quantitative estimate of drug-likeness (QED) is 0.398. The van der Waals surface area contributed by atoms with E-state index in [1.165, 1.54) is 25.3 Å². The Hall–Kier alpha value is -1.69. The first-order valence-electron chi connectivity index (χ1n) is 8.65. The van der Waals surface area contributed by atoms with Crippen molar-refractivity contribution in [3.8, 4) is 0 Å². The van der Waals surface area contributed by atoms with E-state index in [9.17, 15) is 10.1 Å². The number of hydrogen-bond acceptors (Lipinski definition) is 3. The van der Waals surface area contributed by atoms with Gasteiger partial charge in [-0.15, -0.1) is 0 Å². The summed E-state index contributed by atoms with van der Waals surface area (Å²) in [4.78, 5) is 12.5. The highest BCUT2D eigenvalue weighted by Crippen LogP contribution is 2.23. The molecule has 1 N–H and O–H groups in total. The number of rotatable bonds is 9. The maximum atomic E-state index is 10.9. The predicted molar refractivity (Wildman–Crippen MR) is 103 cm³/mol. The molecule has 0 heterocycles. The molecule has 134 valence electrons. The van der Waals surface area contributed by atoms with Crippen molar-refractivity contribution in [1.82, 2.24) is 10.2 Å². The number of non-ortho nitro benzene ring substituents is 1. The van der Waals surface area contributed by atoms with E-state index in [0.29, 0.717) is 11.0 Å². The van der Waals surface area contributed by atoms with E-state index in [-0.39, 0.29) is 16.7 Å². The van der Waals surface area contributed by atoms with Gasteiger partial charge in [0.2, 0.25) is 0 Å². The number of thiocarbonyl (C=S) groups is 1. The van der Waals surface area contributed by atoms with E-state index in [0.717, 1.165) is 18.5 Å². The molecule has 1 rings (SSSR count). The molecule has 0 amide bonds. The Kier molecular flexibility index (Phi) is 8.68. The van der Waals surface area contributed by atoms with Gasteiger partial charge in [0.05, 0.1) is 11.0 Å². The van der Waals surface area contributed by atoms with E-state index < -0.39 is 0 Å². The average Bonchev–Trinajstić information content (AvgIpc) is 2.60. The normalized spacial score (nSPS) is 13.2. The fraction of sp³-hybridized carbons (Fsp3) is 0.611. The summed E-state index contributed by atoms with van der Waals surface area (Å²) in [7, 11) is 1.92. The van der Waals surface area contributed by atoms with Crippen molar-refractivity contribution < 1.29 is 4.92 Å². The highest BCUT2D eigenvalue weighted by molar-refractivity contribution is 7.80. The summed E-state index contributed by atoms with van der Waals surface area (Å²) in [6.45, 7) is 7.29. The van der Waals surface area contributed by atoms with Gasteiger partial charge in [-0.05, 0) is 37.0 Å². The van der Waals surface area contributed by atoms with Crippen molar-refractivity contribution in [1.29, 1.82) is 0 Å². The summed E-state index contributed by atoms with van der Waals surface area (Å²) < 4.78 is 0. The van der Waals surface area contributed by atoms with Gasteiger partial charge in [-0.2, -0.15) is 0 Å². The summed E-state index contributed by atoms with van der Waals surface area (Å²) in [6, 6.07) is 6.70. The number of nitrogens with one attached hydrogen (secondary N) is 1. The van der Waals surface area contributed by atoms with Crippen LogP contribution in [0, 0.1) is 16.0 Å². The first-order chi connectivity index (χ1) is 11.4. The Morgan fingerprint density at radius 3 is 2.71 bits per heavy atom. The lowest BCUT2D eigenvalue weighted by atomic mass is 9.99. The average molecular weight is 352 g/mol. The van der Waals surface area contributed by atoms with Crippen LogP contribution in [0.3, 0.4) is 0 Å². The summed E-state index contributed by atoms with van der Waals surface area (Å²) in [5, 5.41) is 15.0. The van der Waals surface area contributed by atoms with Gasteiger partial charge >= 0.3 is 0 Å². The molecule has 5 nitrogen and oxygen atoms in total. The molecular formula is C18H29N3O2S. The minimum Gasteiger partial charge on any atom is -0.362 e. The standard InChI is InChI=1S/C18H29N3O2S/c1-5-7-9-15(6-2)13-19-18(24)20(4)14(3)16-10-8-11-17(12-16)21(22)23/h8,10-12,14-15H,5-7,9,13H2,1-4H3,(H,19,24)/t14-,15+/m0/s1. The monoisotopic (exact) mass is 351 g/mol. The SMILES string of the molecule is CCCC[C@@H](CC)CNC(=S)N(C)[C@@H](C)c1cccc([N+](=O)[O-])c1. The van der Waals surface area contributed by atoms with Crippen molar-refractivity contribution in [3.63, 3.8) is 0 Å². The van der Waals surface area contributed by atoms with Gasteiger partial charge in [-0.25, -0.2) is 0 Å². The number of unbranched alkanes of at least 4 members (excludes halogenated alkanes) is 1. The van der Waals surface area contributed by atoms with E-state index in [1.54, 1.807) is 12.1 Å². The molecule has 0 aliphatic heterocycles. The molecular weight excluding hydrogens is 322 g/mol. The third kappa shape index (κ3) is 6.07. The molecule has 0 unspecified atom stereocenters. The molecule has 0 aromatic heterocycles. The van der Waals surface area contributed by atoms with Gasteiger partial charge in [0, 0.05) is 25.7 Å². The van der Waals surface area contributed by atoms with Gasteiger partial charge in [0.25, 0.3) is 5.69 Å². The van der Waals surface area contributed by atoms with Crippen LogP contribution in [0.5, 0.6) is 0 Å². The highest BCUT2D eigenvalue weighted by Gasteiger charge is 2.17. The number of nitro benzene ring substituents is 1. The summed E-state index contributed by atoms with van der Waals surface area (Å²) in [5.74, 6) is 0.629. The fourth-order valence-corrected chi connectivity index (χ4v) is 2.84. The zero-order valence-corrected chi connectivity index (χ0v) is 15.9. The predicted octanol–water partition coefficient (Wildman–Crippen LogP) is 4.68. The van der Waals surface area contributed by atoms with E-state index >= 15 is 0 Å². The second-order valence-corrected chi connectivity index (χ2v) is 6.63. The lowest BCUT2D eigenvalue weighted by Gasteiger charge is -2.29. The van der Waals surface area contributed by atoms with Gasteiger partial charge in [-0.1, -0.05) is 45.2 Å². The maximum Gasteiger partial charge on any atom is 0.269 e. The van der Waals surface area contributed by atoms with Crippen LogP contribution in [-0.2, 0) is 0 Å². The second-order valence-electron chi connectivity index (χ2n) is 6.24. The van der Waals surface area contributed by atoms with Crippen LogP contribution in [-0.4, -0.2) is 28.5 Å². The van der Waals surface area contributed by atoms with E-state index in [1.807, 2.05) is 24.9 Å². The Bertz CT molecular complexity index is 551. The van der Waals surface area contributed by atoms with Crippen molar-refractivity contribution in [2.45, 2.75) is 52.5 Å². The molecule has 0 radical (unpaired) electrons. The summed E-state index contributed by atoms with van der Waals surface area (Å²) in [5.41, 5.74) is 0.992. The van der Waals surface area contributed by atoms with E-state index in [2.05, 4.69) is 19.2 Å². The minimum atomic E-state index is -0.369. The number of nitro groups is 1. The number of nitrogens with zero attached hydrogens (tertiary/aromatic N) is 2. The first-order valence-corrected chi connectivity index (χ1v) is 9.06. The Morgan fingerprint density at radius 2 is 2.12 bits per heavy atom. The Labute approximate surface area is 150 Å². The van der Waals surface area contributed by atoms with Crippen LogP contribution in [0.1, 0.15) is 58.1 Å². The summed E-state index contributed by atoms with van der Waals surface area (Å²) >= 11 is 5.50. The summed E-state index contributed by atoms with van der Waals surface area (Å²) in [6.07, 6.45) is 4.81. The van der Waals surface area contributed by atoms with E-state index in [4.69, 9.17) is 12.2 Å². The van der Waals surface area contributed by atoms with Gasteiger partial charge in [0.15, 0.2) is 5.11 Å². The first kappa shape index (κ1) is 20.4. The van der Waals surface area contributed by atoms with Crippen molar-refractivity contribution in [2.75, 3.05) is 13.6 Å². The molecule has 6 heteroatoms. The van der Waals surface area contributed by atoms with Crippen LogP contribution < -0.4 is 5.32 Å². The van der Waals surface area contributed by atoms with Crippen molar-refractivity contribution in [3.05, 3.63) is 39.9 Å². The molecule has 0 saturated heterocycles. The topological polar surface area (TPSA) is 58.4 Å². The zero-order chi connectivity index (χ0) is 18.1. The Morgan fingerprint density at radius 1 is 1.42 bits per heavy atom. The Balaban J connectivity index is 2.64. The molecule has 1 aromatic carbocycles. The molecule has 24 heavy (non-hydrogen) atoms. The third-order valence-corrected chi connectivity index (χ3v) is 4.98. The van der Waals surface area contributed by atoms with Crippen molar-refractivity contribution >= 4 is 23.0 Å². The smallest absolute Gasteiger partial charge is 0.269 e. The van der Waals surface area contributed by atoms with Gasteiger partial charge < -0.3 is 10.2 Å². The molecule has 0 spiro atoms. The lowest BCUT2D eigenvalue weighted by Crippen LogP contribution is -2.40. The van der Waals surface area contributed by atoms with Crippen LogP contribution in [0.15, 0.2) is 24.3 Å². The number of benzene rings is 1. The lowest BCUT2D eigenvalue weighted by molar-refractivity contribution is -0.384. The molecule has 0 aliphatic rings. The molecule has 0 saturated carbocycles.